The first-order chi connectivity index (χ1) is 11.4. The molecule has 1 aromatic carbocycles. The number of rotatable bonds is 3. The summed E-state index contributed by atoms with van der Waals surface area (Å²) in [6.45, 7) is 1.23. The molecule has 2 aromatic rings. The largest absolute Gasteiger partial charge is 0.461 e. The number of hydrogen-bond acceptors (Lipinski definition) is 8. The Hall–Kier alpha value is -1.97. The summed E-state index contributed by atoms with van der Waals surface area (Å²) in [5.74, 6) is 0.115. The normalized spacial score (nSPS) is 30.5. The molecule has 8 nitrogen and oxygen atoms in total. The number of benzene rings is 1. The maximum absolute atomic E-state index is 11.7. The maximum Gasteiger partial charge on any atom is 0.339 e. The Balaban J connectivity index is 1.99. The van der Waals surface area contributed by atoms with E-state index in [1.807, 2.05) is 0 Å². The number of aryl methyl sites for hydroxylation is 1. The molecule has 3 rings (SSSR count). The Morgan fingerprint density at radius 1 is 1.17 bits per heavy atom. The van der Waals surface area contributed by atoms with E-state index in [4.69, 9.17) is 13.9 Å². The van der Waals surface area contributed by atoms with E-state index in [0.717, 1.165) is 11.6 Å². The van der Waals surface area contributed by atoms with Crippen molar-refractivity contribution in [2.75, 3.05) is 6.61 Å². The third kappa shape index (κ3) is 2.90. The van der Waals surface area contributed by atoms with Crippen molar-refractivity contribution in [2.45, 2.75) is 37.6 Å². The van der Waals surface area contributed by atoms with Crippen LogP contribution in [0.2, 0.25) is 0 Å². The predicted molar refractivity (Wildman–Crippen MR) is 81.6 cm³/mol. The van der Waals surface area contributed by atoms with Gasteiger partial charge in [0.25, 0.3) is 0 Å². The standard InChI is InChI=1S/C16H18O8/c1-7-3-2-4-8-12(7)9(5-11(18)22-8)23-16-15(21)14(20)13(19)10(6-17)24-16/h2-5,10,13-17,19-21H,6H2,1H3/t10-,13-,14+,15+,16-/m1/s1. The van der Waals surface area contributed by atoms with Crippen LogP contribution in [0, 0.1) is 6.92 Å². The van der Waals surface area contributed by atoms with Crippen LogP contribution in [0.3, 0.4) is 0 Å². The monoisotopic (exact) mass is 338 g/mol. The molecule has 4 N–H and O–H groups in total. The fourth-order valence-electron chi connectivity index (χ4n) is 2.74. The first-order valence-corrected chi connectivity index (χ1v) is 7.43. The molecule has 0 spiro atoms. The summed E-state index contributed by atoms with van der Waals surface area (Å²) in [7, 11) is 0. The zero-order chi connectivity index (χ0) is 17.4. The molecule has 0 bridgehead atoms. The predicted octanol–water partition coefficient (Wildman–Crippen LogP) is -0.720. The number of aliphatic hydroxyl groups is 4. The lowest BCUT2D eigenvalue weighted by atomic mass is 9.99. The van der Waals surface area contributed by atoms with Gasteiger partial charge in [-0.3, -0.25) is 0 Å². The second kappa shape index (κ2) is 6.50. The first-order valence-electron chi connectivity index (χ1n) is 7.43. The van der Waals surface area contributed by atoms with Gasteiger partial charge in [0.2, 0.25) is 6.29 Å². The maximum atomic E-state index is 11.7. The van der Waals surface area contributed by atoms with E-state index >= 15 is 0 Å². The van der Waals surface area contributed by atoms with E-state index in [0.29, 0.717) is 11.0 Å². The number of hydrogen-bond donors (Lipinski definition) is 4. The highest BCUT2D eigenvalue weighted by atomic mass is 16.7. The van der Waals surface area contributed by atoms with E-state index in [2.05, 4.69) is 0 Å². The highest BCUT2D eigenvalue weighted by molar-refractivity contribution is 5.86. The molecule has 8 heteroatoms. The summed E-state index contributed by atoms with van der Waals surface area (Å²) >= 11 is 0. The number of ether oxygens (including phenoxy) is 2. The van der Waals surface area contributed by atoms with Crippen LogP contribution in [0.5, 0.6) is 5.75 Å². The van der Waals surface area contributed by atoms with Crippen molar-refractivity contribution in [3.63, 3.8) is 0 Å². The molecule has 0 unspecified atom stereocenters. The molecule has 0 aliphatic carbocycles. The van der Waals surface area contributed by atoms with Gasteiger partial charge < -0.3 is 34.3 Å². The van der Waals surface area contributed by atoms with Crippen molar-refractivity contribution < 1.29 is 34.3 Å². The topological polar surface area (TPSA) is 130 Å². The SMILES string of the molecule is Cc1cccc2oc(=O)cc(O[C@@H]3O[C@H](CO)[C@@H](O)[C@H](O)[C@@H]3O)c12. The average molecular weight is 338 g/mol. The van der Waals surface area contributed by atoms with Crippen molar-refractivity contribution in [3.8, 4) is 5.75 Å². The van der Waals surface area contributed by atoms with Crippen molar-refractivity contribution in [1.82, 2.24) is 0 Å². The van der Waals surface area contributed by atoms with Crippen molar-refractivity contribution >= 4 is 11.0 Å². The fourth-order valence-corrected chi connectivity index (χ4v) is 2.74. The van der Waals surface area contributed by atoms with Gasteiger partial charge in [-0.05, 0) is 18.6 Å². The van der Waals surface area contributed by atoms with Crippen LogP contribution in [-0.2, 0) is 4.74 Å². The smallest absolute Gasteiger partial charge is 0.339 e. The molecular weight excluding hydrogens is 320 g/mol. The minimum absolute atomic E-state index is 0.115. The molecule has 0 radical (unpaired) electrons. The molecule has 0 saturated carbocycles. The van der Waals surface area contributed by atoms with Crippen LogP contribution < -0.4 is 10.4 Å². The molecule has 1 fully saturated rings. The molecule has 2 heterocycles. The van der Waals surface area contributed by atoms with Gasteiger partial charge in [0, 0.05) is 0 Å². The lowest BCUT2D eigenvalue weighted by Crippen LogP contribution is -2.60. The van der Waals surface area contributed by atoms with Gasteiger partial charge in [-0.1, -0.05) is 12.1 Å². The average Bonchev–Trinajstić information content (AvgIpc) is 2.55. The van der Waals surface area contributed by atoms with Gasteiger partial charge in [-0.2, -0.15) is 0 Å². The molecule has 24 heavy (non-hydrogen) atoms. The second-order valence-corrected chi connectivity index (χ2v) is 5.69. The minimum Gasteiger partial charge on any atom is -0.461 e. The van der Waals surface area contributed by atoms with E-state index in [1.165, 1.54) is 0 Å². The van der Waals surface area contributed by atoms with Crippen molar-refractivity contribution in [3.05, 3.63) is 40.2 Å². The number of fused-ring (bicyclic) bond motifs is 1. The van der Waals surface area contributed by atoms with Gasteiger partial charge in [-0.15, -0.1) is 0 Å². The Labute approximate surface area is 136 Å². The van der Waals surface area contributed by atoms with Gasteiger partial charge in [-0.25, -0.2) is 4.79 Å². The van der Waals surface area contributed by atoms with E-state index in [1.54, 1.807) is 25.1 Å². The number of aliphatic hydroxyl groups excluding tert-OH is 4. The lowest BCUT2D eigenvalue weighted by Gasteiger charge is -2.39. The quantitative estimate of drug-likeness (QED) is 0.540. The Bertz CT molecular complexity index is 783. The molecular formula is C16H18O8. The van der Waals surface area contributed by atoms with Gasteiger partial charge >= 0.3 is 5.63 Å². The Kier molecular flexibility index (Phi) is 4.57. The highest BCUT2D eigenvalue weighted by Gasteiger charge is 2.44. The molecule has 0 amide bonds. The fraction of sp³-hybridized carbons (Fsp3) is 0.438. The van der Waals surface area contributed by atoms with Crippen molar-refractivity contribution in [2.24, 2.45) is 0 Å². The summed E-state index contributed by atoms with van der Waals surface area (Å²) in [4.78, 5) is 11.7. The van der Waals surface area contributed by atoms with Crippen LogP contribution in [0.25, 0.3) is 11.0 Å². The van der Waals surface area contributed by atoms with Gasteiger partial charge in [0.1, 0.15) is 35.7 Å². The molecule has 1 aliphatic heterocycles. The van der Waals surface area contributed by atoms with E-state index in [9.17, 15) is 25.2 Å². The second-order valence-electron chi connectivity index (χ2n) is 5.69. The summed E-state index contributed by atoms with van der Waals surface area (Å²) < 4.78 is 16.0. The Morgan fingerprint density at radius 3 is 2.62 bits per heavy atom. The third-order valence-corrected chi connectivity index (χ3v) is 4.03. The lowest BCUT2D eigenvalue weighted by molar-refractivity contribution is -0.277. The van der Waals surface area contributed by atoms with E-state index < -0.39 is 42.9 Å². The summed E-state index contributed by atoms with van der Waals surface area (Å²) in [6, 6.07) is 6.22. The third-order valence-electron chi connectivity index (χ3n) is 4.03. The van der Waals surface area contributed by atoms with Gasteiger partial charge in [0.15, 0.2) is 0 Å². The zero-order valence-electron chi connectivity index (χ0n) is 12.8. The van der Waals surface area contributed by atoms with Crippen LogP contribution >= 0.6 is 0 Å². The van der Waals surface area contributed by atoms with Gasteiger partial charge in [0.05, 0.1) is 18.1 Å². The summed E-state index contributed by atoms with van der Waals surface area (Å²) in [5.41, 5.74) is 0.436. The van der Waals surface area contributed by atoms with Crippen LogP contribution in [0.1, 0.15) is 5.56 Å². The molecule has 1 saturated heterocycles. The zero-order valence-corrected chi connectivity index (χ0v) is 12.8. The van der Waals surface area contributed by atoms with Crippen LogP contribution in [0.4, 0.5) is 0 Å². The van der Waals surface area contributed by atoms with E-state index in [-0.39, 0.29) is 5.75 Å². The summed E-state index contributed by atoms with van der Waals surface area (Å²) in [6.07, 6.45) is -7.07. The van der Waals surface area contributed by atoms with Crippen LogP contribution in [0.15, 0.2) is 33.5 Å². The minimum atomic E-state index is -1.56. The molecule has 130 valence electrons. The van der Waals surface area contributed by atoms with Crippen LogP contribution in [-0.4, -0.2) is 57.7 Å². The molecule has 1 aliphatic rings. The molecule has 5 atom stereocenters. The highest BCUT2D eigenvalue weighted by Crippen LogP contribution is 2.30. The summed E-state index contributed by atoms with van der Waals surface area (Å²) in [5, 5.41) is 39.4. The Morgan fingerprint density at radius 2 is 1.92 bits per heavy atom. The van der Waals surface area contributed by atoms with Crippen molar-refractivity contribution in [1.29, 1.82) is 0 Å². The first kappa shape index (κ1) is 16.9. The molecule has 1 aromatic heterocycles.